The number of nitrogens with zero attached hydrogens (tertiary/aromatic N) is 2. The minimum atomic E-state index is -0.384. The molecule has 2 heterocycles. The van der Waals surface area contributed by atoms with Crippen LogP contribution in [0.5, 0.6) is 0 Å². The van der Waals surface area contributed by atoms with Crippen molar-refractivity contribution in [3.63, 3.8) is 0 Å². The van der Waals surface area contributed by atoms with Gasteiger partial charge in [-0.2, -0.15) is 0 Å². The lowest BCUT2D eigenvalue weighted by Gasteiger charge is -2.20. The summed E-state index contributed by atoms with van der Waals surface area (Å²) in [4.78, 5) is 16.2. The van der Waals surface area contributed by atoms with Crippen LogP contribution in [0.4, 0.5) is 0 Å². The van der Waals surface area contributed by atoms with Gasteiger partial charge in [0.2, 0.25) is 0 Å². The predicted molar refractivity (Wildman–Crippen MR) is 93.5 cm³/mol. The van der Waals surface area contributed by atoms with E-state index in [9.17, 15) is 9.90 Å². The smallest absolute Gasteiger partial charge is 0.256 e. The van der Waals surface area contributed by atoms with E-state index in [0.29, 0.717) is 13.0 Å². The molecular weight excluding hydrogens is 308 g/mol. The van der Waals surface area contributed by atoms with Crippen molar-refractivity contribution in [1.29, 1.82) is 0 Å². The first-order valence-corrected chi connectivity index (χ1v) is 9.11. The number of aryl methyl sites for hydroxylation is 1. The van der Waals surface area contributed by atoms with Gasteiger partial charge in [0.1, 0.15) is 5.00 Å². The largest absolute Gasteiger partial charge is 0.393 e. The minimum Gasteiger partial charge on any atom is -0.393 e. The van der Waals surface area contributed by atoms with Gasteiger partial charge in [-0.05, 0) is 56.7 Å². The number of amides is 1. The molecule has 0 saturated heterocycles. The molecule has 1 unspecified atom stereocenters. The lowest BCUT2D eigenvalue weighted by Crippen LogP contribution is -2.30. The fourth-order valence-corrected chi connectivity index (χ4v) is 4.44. The Kier molecular flexibility index (Phi) is 4.87. The highest BCUT2D eigenvalue weighted by molar-refractivity contribution is 7.15. The molecule has 1 aliphatic rings. The highest BCUT2D eigenvalue weighted by atomic mass is 32.1. The lowest BCUT2D eigenvalue weighted by molar-refractivity contribution is 0.0768. The molecule has 1 aliphatic carbocycles. The summed E-state index contributed by atoms with van der Waals surface area (Å²) in [6, 6.07) is 3.98. The molecule has 1 atom stereocenters. The normalized spacial score (nSPS) is 15.3. The number of hydrogen-bond donors (Lipinski definition) is 1. The molecule has 0 fully saturated rings. The molecule has 0 aliphatic heterocycles. The first-order chi connectivity index (χ1) is 11.1. The van der Waals surface area contributed by atoms with Gasteiger partial charge in [0.05, 0.1) is 11.7 Å². The van der Waals surface area contributed by atoms with Crippen LogP contribution in [-0.4, -0.2) is 40.2 Å². The fraction of sp³-hybridized carbons (Fsp3) is 0.500. The molecule has 5 heteroatoms. The zero-order chi connectivity index (χ0) is 16.4. The van der Waals surface area contributed by atoms with Crippen molar-refractivity contribution in [1.82, 2.24) is 9.47 Å². The standard InChI is InChI=1S/C18H24N2O2S/c1-13(21)9-12-19(2)17(22)16-14-7-3-4-8-15(14)23-18(16)20-10-5-6-11-20/h5-6,10-11,13,21H,3-4,7-9,12H2,1-2H3. The average Bonchev–Trinajstić information content (AvgIpc) is 3.18. The van der Waals surface area contributed by atoms with Gasteiger partial charge in [-0.1, -0.05) is 0 Å². The van der Waals surface area contributed by atoms with Crippen LogP contribution in [0.2, 0.25) is 0 Å². The molecule has 0 aromatic carbocycles. The minimum absolute atomic E-state index is 0.0775. The molecule has 1 amide bonds. The van der Waals surface area contributed by atoms with Crippen LogP contribution in [0.15, 0.2) is 24.5 Å². The molecule has 0 saturated carbocycles. The molecule has 2 aromatic heterocycles. The van der Waals surface area contributed by atoms with E-state index in [2.05, 4.69) is 4.57 Å². The Morgan fingerprint density at radius 3 is 2.74 bits per heavy atom. The zero-order valence-corrected chi connectivity index (χ0v) is 14.6. The number of hydrogen-bond acceptors (Lipinski definition) is 3. The molecule has 2 aromatic rings. The summed E-state index contributed by atoms with van der Waals surface area (Å²) in [7, 11) is 1.83. The Hall–Kier alpha value is -1.59. The number of fused-ring (bicyclic) bond motifs is 1. The molecule has 124 valence electrons. The molecule has 4 nitrogen and oxygen atoms in total. The molecule has 0 bridgehead atoms. The van der Waals surface area contributed by atoms with E-state index < -0.39 is 0 Å². The van der Waals surface area contributed by atoms with Crippen molar-refractivity contribution in [3.05, 3.63) is 40.5 Å². The number of aliphatic hydroxyl groups excluding tert-OH is 1. The van der Waals surface area contributed by atoms with Crippen LogP contribution < -0.4 is 0 Å². The maximum Gasteiger partial charge on any atom is 0.256 e. The first-order valence-electron chi connectivity index (χ1n) is 8.29. The van der Waals surface area contributed by atoms with E-state index in [1.807, 2.05) is 31.6 Å². The summed E-state index contributed by atoms with van der Waals surface area (Å²) >= 11 is 1.76. The molecule has 23 heavy (non-hydrogen) atoms. The van der Waals surface area contributed by atoms with E-state index in [4.69, 9.17) is 0 Å². The second-order valence-corrected chi connectivity index (χ2v) is 7.43. The molecule has 0 radical (unpaired) electrons. The Bertz CT molecular complexity index is 674. The summed E-state index contributed by atoms with van der Waals surface area (Å²) in [5.74, 6) is 0.0775. The summed E-state index contributed by atoms with van der Waals surface area (Å²) in [6.07, 6.45) is 8.68. The van der Waals surface area contributed by atoms with Crippen molar-refractivity contribution in [3.8, 4) is 5.00 Å². The summed E-state index contributed by atoms with van der Waals surface area (Å²) in [6.45, 7) is 2.34. The topological polar surface area (TPSA) is 45.5 Å². The third kappa shape index (κ3) is 3.35. The second-order valence-electron chi connectivity index (χ2n) is 6.35. The Morgan fingerprint density at radius 2 is 2.04 bits per heavy atom. The predicted octanol–water partition coefficient (Wildman–Crippen LogP) is 3.26. The SMILES string of the molecule is CC(O)CCN(C)C(=O)c1c(-n2cccc2)sc2c1CCCC2. The number of aromatic nitrogens is 1. The highest BCUT2D eigenvalue weighted by Gasteiger charge is 2.27. The zero-order valence-electron chi connectivity index (χ0n) is 13.8. The van der Waals surface area contributed by atoms with Gasteiger partial charge in [-0.25, -0.2) is 0 Å². The third-order valence-electron chi connectivity index (χ3n) is 4.43. The summed E-state index contributed by atoms with van der Waals surface area (Å²) < 4.78 is 2.05. The van der Waals surface area contributed by atoms with E-state index in [-0.39, 0.29) is 12.0 Å². The molecular formula is C18H24N2O2S. The second kappa shape index (κ2) is 6.89. The monoisotopic (exact) mass is 332 g/mol. The van der Waals surface area contributed by atoms with E-state index in [1.54, 1.807) is 23.2 Å². The number of aliphatic hydroxyl groups is 1. The van der Waals surface area contributed by atoms with Crippen molar-refractivity contribution >= 4 is 17.2 Å². The van der Waals surface area contributed by atoms with Crippen LogP contribution in [0.1, 0.15) is 47.0 Å². The summed E-state index contributed by atoms with van der Waals surface area (Å²) in [5, 5.41) is 10.5. The highest BCUT2D eigenvalue weighted by Crippen LogP contribution is 2.37. The van der Waals surface area contributed by atoms with E-state index in [1.165, 1.54) is 16.9 Å². The van der Waals surface area contributed by atoms with E-state index >= 15 is 0 Å². The summed E-state index contributed by atoms with van der Waals surface area (Å²) in [5.41, 5.74) is 2.12. The van der Waals surface area contributed by atoms with Gasteiger partial charge >= 0.3 is 0 Å². The quantitative estimate of drug-likeness (QED) is 0.913. The van der Waals surface area contributed by atoms with Gasteiger partial charge in [-0.15, -0.1) is 11.3 Å². The van der Waals surface area contributed by atoms with Crippen molar-refractivity contribution in [2.24, 2.45) is 0 Å². The average molecular weight is 332 g/mol. The lowest BCUT2D eigenvalue weighted by atomic mass is 9.95. The van der Waals surface area contributed by atoms with Crippen LogP contribution in [-0.2, 0) is 12.8 Å². The molecule has 3 rings (SSSR count). The van der Waals surface area contributed by atoms with Crippen LogP contribution in [0.3, 0.4) is 0 Å². The molecule has 1 N–H and O–H groups in total. The number of carbonyl (C=O) groups is 1. The van der Waals surface area contributed by atoms with Crippen LogP contribution >= 0.6 is 11.3 Å². The maximum absolute atomic E-state index is 13.0. The van der Waals surface area contributed by atoms with Gasteiger partial charge in [0.25, 0.3) is 5.91 Å². The maximum atomic E-state index is 13.0. The van der Waals surface area contributed by atoms with Crippen molar-refractivity contribution in [2.75, 3.05) is 13.6 Å². The number of rotatable bonds is 5. The molecule has 0 spiro atoms. The third-order valence-corrected chi connectivity index (χ3v) is 5.74. The first kappa shape index (κ1) is 16.3. The van der Waals surface area contributed by atoms with Gasteiger partial charge in [0.15, 0.2) is 0 Å². The Labute approximate surface area is 141 Å². The fourth-order valence-electron chi connectivity index (χ4n) is 3.10. The van der Waals surface area contributed by atoms with Crippen LogP contribution in [0, 0.1) is 0 Å². The van der Waals surface area contributed by atoms with Crippen molar-refractivity contribution in [2.45, 2.75) is 45.1 Å². The van der Waals surface area contributed by atoms with E-state index in [0.717, 1.165) is 29.8 Å². The number of carbonyl (C=O) groups excluding carboxylic acids is 1. The Balaban J connectivity index is 1.96. The van der Waals surface area contributed by atoms with Crippen LogP contribution in [0.25, 0.3) is 5.00 Å². The van der Waals surface area contributed by atoms with Gasteiger partial charge < -0.3 is 14.6 Å². The van der Waals surface area contributed by atoms with Gasteiger partial charge in [-0.3, -0.25) is 4.79 Å². The van der Waals surface area contributed by atoms with Crippen molar-refractivity contribution < 1.29 is 9.90 Å². The Morgan fingerprint density at radius 1 is 1.35 bits per heavy atom. The van der Waals surface area contributed by atoms with Gasteiger partial charge in [0, 0.05) is 30.9 Å². The number of thiophene rings is 1.